The number of nitro groups is 1. The van der Waals surface area contributed by atoms with E-state index in [0.717, 1.165) is 5.56 Å². The summed E-state index contributed by atoms with van der Waals surface area (Å²) in [4.78, 5) is 29.2. The summed E-state index contributed by atoms with van der Waals surface area (Å²) >= 11 is 1.34. The number of aromatic nitrogens is 2. The molecular weight excluding hydrogens is 270 g/mol. The minimum atomic E-state index is -0.643. The molecule has 3 aromatic heterocycles. The van der Waals surface area contributed by atoms with Gasteiger partial charge in [-0.05, 0) is 23.9 Å². The lowest BCUT2D eigenvalue weighted by Gasteiger charge is -1.96. The van der Waals surface area contributed by atoms with Crippen molar-refractivity contribution in [2.24, 2.45) is 0 Å². The maximum atomic E-state index is 11.9. The van der Waals surface area contributed by atoms with Crippen LogP contribution in [0.25, 0.3) is 21.8 Å². The summed E-state index contributed by atoms with van der Waals surface area (Å²) < 4.78 is 5.01. The second-order valence-corrected chi connectivity index (χ2v) is 4.77. The van der Waals surface area contributed by atoms with Gasteiger partial charge in [-0.15, -0.1) is 11.3 Å². The second kappa shape index (κ2) is 4.02. The van der Waals surface area contributed by atoms with Crippen molar-refractivity contribution < 1.29 is 9.34 Å². The van der Waals surface area contributed by atoms with E-state index in [-0.39, 0.29) is 23.0 Å². The SMILES string of the molecule is Cc1csc2nc(-c3ccc([N+](=O)[O-])o3)[nH]c(=O)c12. The zero-order valence-electron chi connectivity index (χ0n) is 9.67. The number of furan rings is 1. The molecule has 0 bridgehead atoms. The van der Waals surface area contributed by atoms with Gasteiger partial charge in [0.1, 0.15) is 9.75 Å². The standard InChI is InChI=1S/C11H7N3O4S/c1-5-4-19-11-8(5)10(15)12-9(13-11)6-2-3-7(18-6)14(16)17/h2-4H,1H3,(H,12,13,15). The van der Waals surface area contributed by atoms with E-state index < -0.39 is 4.92 Å². The summed E-state index contributed by atoms with van der Waals surface area (Å²) in [6.45, 7) is 1.83. The number of nitrogens with zero attached hydrogens (tertiary/aromatic N) is 2. The lowest BCUT2D eigenvalue weighted by molar-refractivity contribution is -0.401. The maximum absolute atomic E-state index is 11.9. The zero-order valence-corrected chi connectivity index (χ0v) is 10.5. The van der Waals surface area contributed by atoms with Crippen molar-refractivity contribution in [3.05, 3.63) is 43.5 Å². The number of fused-ring (bicyclic) bond motifs is 1. The summed E-state index contributed by atoms with van der Waals surface area (Å²) in [6, 6.07) is 2.63. The summed E-state index contributed by atoms with van der Waals surface area (Å²) in [6.07, 6.45) is 0. The Kier molecular flexibility index (Phi) is 2.46. The van der Waals surface area contributed by atoms with Gasteiger partial charge >= 0.3 is 5.88 Å². The van der Waals surface area contributed by atoms with Crippen molar-refractivity contribution in [1.82, 2.24) is 9.97 Å². The van der Waals surface area contributed by atoms with Crippen molar-refractivity contribution in [2.45, 2.75) is 6.92 Å². The highest BCUT2D eigenvalue weighted by atomic mass is 32.1. The molecule has 8 heteroatoms. The molecule has 0 fully saturated rings. The Balaban J connectivity index is 2.19. The molecule has 0 spiro atoms. The van der Waals surface area contributed by atoms with Crippen LogP contribution in [0.2, 0.25) is 0 Å². The third-order valence-electron chi connectivity index (χ3n) is 2.63. The van der Waals surface area contributed by atoms with Gasteiger partial charge in [-0.25, -0.2) is 4.98 Å². The van der Waals surface area contributed by atoms with Gasteiger partial charge in [-0.2, -0.15) is 0 Å². The van der Waals surface area contributed by atoms with Crippen LogP contribution in [0.15, 0.2) is 26.7 Å². The number of aryl methyl sites for hydroxylation is 1. The Morgan fingerprint density at radius 1 is 1.47 bits per heavy atom. The monoisotopic (exact) mass is 277 g/mol. The fourth-order valence-electron chi connectivity index (χ4n) is 1.76. The average molecular weight is 277 g/mol. The average Bonchev–Trinajstić information content (AvgIpc) is 2.96. The minimum absolute atomic E-state index is 0.164. The summed E-state index contributed by atoms with van der Waals surface area (Å²) in [7, 11) is 0. The van der Waals surface area contributed by atoms with Crippen molar-refractivity contribution in [2.75, 3.05) is 0 Å². The molecule has 0 aromatic carbocycles. The van der Waals surface area contributed by atoms with Crippen LogP contribution in [0.3, 0.4) is 0 Å². The van der Waals surface area contributed by atoms with E-state index in [1.807, 2.05) is 12.3 Å². The van der Waals surface area contributed by atoms with Crippen LogP contribution in [-0.4, -0.2) is 14.9 Å². The Morgan fingerprint density at radius 2 is 2.26 bits per heavy atom. The first kappa shape index (κ1) is 11.6. The predicted octanol–water partition coefficient (Wildman–Crippen LogP) is 2.46. The van der Waals surface area contributed by atoms with Crippen LogP contribution in [0.4, 0.5) is 5.88 Å². The molecule has 3 rings (SSSR count). The van der Waals surface area contributed by atoms with Gasteiger partial charge in [0.25, 0.3) is 5.56 Å². The Labute approximate surface area is 109 Å². The van der Waals surface area contributed by atoms with Gasteiger partial charge in [0.15, 0.2) is 11.6 Å². The molecule has 3 aromatic rings. The van der Waals surface area contributed by atoms with Gasteiger partial charge < -0.3 is 9.40 Å². The topological polar surface area (TPSA) is 102 Å². The molecule has 7 nitrogen and oxygen atoms in total. The molecule has 19 heavy (non-hydrogen) atoms. The molecule has 0 saturated heterocycles. The lowest BCUT2D eigenvalue weighted by atomic mass is 10.3. The van der Waals surface area contributed by atoms with E-state index in [0.29, 0.717) is 10.2 Å². The Bertz CT molecular complexity index is 845. The summed E-state index contributed by atoms with van der Waals surface area (Å²) in [5, 5.41) is 12.9. The predicted molar refractivity (Wildman–Crippen MR) is 69.3 cm³/mol. The number of hydrogen-bond acceptors (Lipinski definition) is 6. The highest BCUT2D eigenvalue weighted by molar-refractivity contribution is 7.16. The fraction of sp³-hybridized carbons (Fsp3) is 0.0909. The first-order chi connectivity index (χ1) is 9.06. The molecule has 0 atom stereocenters. The Hall–Kier alpha value is -2.48. The number of hydrogen-bond donors (Lipinski definition) is 1. The number of nitrogens with one attached hydrogen (secondary N) is 1. The van der Waals surface area contributed by atoms with E-state index in [9.17, 15) is 14.9 Å². The lowest BCUT2D eigenvalue weighted by Crippen LogP contribution is -2.08. The van der Waals surface area contributed by atoms with Gasteiger partial charge in [0, 0.05) is 0 Å². The molecule has 1 N–H and O–H groups in total. The third kappa shape index (κ3) is 1.82. The van der Waals surface area contributed by atoms with Crippen LogP contribution < -0.4 is 5.56 Å². The van der Waals surface area contributed by atoms with Crippen LogP contribution in [0.5, 0.6) is 0 Å². The van der Waals surface area contributed by atoms with Gasteiger partial charge in [-0.3, -0.25) is 14.9 Å². The first-order valence-corrected chi connectivity index (χ1v) is 6.17. The molecule has 0 aliphatic rings. The largest absolute Gasteiger partial charge is 0.433 e. The molecule has 0 saturated carbocycles. The maximum Gasteiger partial charge on any atom is 0.433 e. The molecule has 0 aliphatic heterocycles. The van der Waals surface area contributed by atoms with Crippen LogP contribution in [0, 0.1) is 17.0 Å². The highest BCUT2D eigenvalue weighted by Crippen LogP contribution is 2.26. The van der Waals surface area contributed by atoms with Crippen molar-refractivity contribution >= 4 is 27.4 Å². The normalized spacial score (nSPS) is 11.0. The molecule has 96 valence electrons. The molecular formula is C11H7N3O4S. The second-order valence-electron chi connectivity index (χ2n) is 3.91. The van der Waals surface area contributed by atoms with Crippen LogP contribution in [0.1, 0.15) is 5.56 Å². The quantitative estimate of drug-likeness (QED) is 0.572. The van der Waals surface area contributed by atoms with Gasteiger partial charge in [0.2, 0.25) is 0 Å². The number of thiophene rings is 1. The van der Waals surface area contributed by atoms with Crippen molar-refractivity contribution in [3.8, 4) is 11.6 Å². The van der Waals surface area contributed by atoms with Crippen molar-refractivity contribution in [1.29, 1.82) is 0 Å². The van der Waals surface area contributed by atoms with Gasteiger partial charge in [-0.1, -0.05) is 0 Å². The molecule has 0 radical (unpaired) electrons. The molecule has 3 heterocycles. The Morgan fingerprint density at radius 3 is 2.95 bits per heavy atom. The summed E-state index contributed by atoms with van der Waals surface area (Å²) in [5.41, 5.74) is 0.573. The van der Waals surface area contributed by atoms with Crippen LogP contribution in [-0.2, 0) is 0 Å². The molecule has 0 unspecified atom stereocenters. The number of H-pyrrole nitrogens is 1. The number of aromatic amines is 1. The first-order valence-electron chi connectivity index (χ1n) is 5.29. The number of rotatable bonds is 2. The van der Waals surface area contributed by atoms with Gasteiger partial charge in [0.05, 0.1) is 11.5 Å². The van der Waals surface area contributed by atoms with E-state index in [1.165, 1.54) is 23.5 Å². The molecule has 0 amide bonds. The fourth-order valence-corrected chi connectivity index (χ4v) is 2.68. The molecule has 0 aliphatic carbocycles. The van der Waals surface area contributed by atoms with E-state index in [2.05, 4.69) is 9.97 Å². The van der Waals surface area contributed by atoms with E-state index in [4.69, 9.17) is 4.42 Å². The van der Waals surface area contributed by atoms with E-state index >= 15 is 0 Å². The summed E-state index contributed by atoms with van der Waals surface area (Å²) in [5.74, 6) is -0.0377. The van der Waals surface area contributed by atoms with Crippen LogP contribution >= 0.6 is 11.3 Å². The van der Waals surface area contributed by atoms with Crippen molar-refractivity contribution in [3.63, 3.8) is 0 Å². The highest BCUT2D eigenvalue weighted by Gasteiger charge is 2.16. The zero-order chi connectivity index (χ0) is 13.6. The van der Waals surface area contributed by atoms with E-state index in [1.54, 1.807) is 0 Å². The minimum Gasteiger partial charge on any atom is -0.397 e. The smallest absolute Gasteiger partial charge is 0.397 e. The third-order valence-corrected chi connectivity index (χ3v) is 3.62.